The minimum atomic E-state index is -0.420. The summed E-state index contributed by atoms with van der Waals surface area (Å²) in [7, 11) is 0. The van der Waals surface area contributed by atoms with Crippen LogP contribution in [-0.4, -0.2) is 17.4 Å². The molecule has 1 aliphatic heterocycles. The third-order valence-corrected chi connectivity index (χ3v) is 4.58. The van der Waals surface area contributed by atoms with Gasteiger partial charge in [-0.2, -0.15) is 0 Å². The molecule has 0 aromatic heterocycles. The van der Waals surface area contributed by atoms with Crippen LogP contribution in [0.4, 0.5) is 11.4 Å². The van der Waals surface area contributed by atoms with Gasteiger partial charge in [-0.25, -0.2) is 0 Å². The fraction of sp³-hybridized carbons (Fsp3) is 0.316. The Kier molecular flexibility index (Phi) is 4.34. The number of aryl methyl sites for hydroxylation is 3. The Hall–Kier alpha value is -2.69. The van der Waals surface area contributed by atoms with E-state index in [4.69, 9.17) is 0 Å². The number of rotatable bonds is 4. The second kappa shape index (κ2) is 6.43. The van der Waals surface area contributed by atoms with Gasteiger partial charge in [0.15, 0.2) is 0 Å². The van der Waals surface area contributed by atoms with Gasteiger partial charge in [0.1, 0.15) is 0 Å². The van der Waals surface area contributed by atoms with Crippen molar-refractivity contribution in [1.82, 2.24) is 0 Å². The van der Waals surface area contributed by atoms with E-state index >= 15 is 0 Å². The van der Waals surface area contributed by atoms with Gasteiger partial charge in [-0.05, 0) is 43.4 Å². The molecule has 2 aromatic rings. The maximum atomic E-state index is 12.6. The van der Waals surface area contributed by atoms with Gasteiger partial charge in [-0.15, -0.1) is 0 Å². The number of fused-ring (bicyclic) bond motifs is 1. The zero-order valence-electron chi connectivity index (χ0n) is 13.9. The molecule has 124 valence electrons. The van der Waals surface area contributed by atoms with Gasteiger partial charge in [-0.3, -0.25) is 14.9 Å². The summed E-state index contributed by atoms with van der Waals surface area (Å²) in [4.78, 5) is 24.8. The highest BCUT2D eigenvalue weighted by atomic mass is 16.6. The smallest absolute Gasteiger partial charge is 0.271 e. The predicted molar refractivity (Wildman–Crippen MR) is 93.4 cm³/mol. The molecule has 0 saturated carbocycles. The van der Waals surface area contributed by atoms with E-state index in [2.05, 4.69) is 32.0 Å². The highest BCUT2D eigenvalue weighted by Gasteiger charge is 2.26. The summed E-state index contributed by atoms with van der Waals surface area (Å²) in [6.07, 6.45) is 1.85. The summed E-state index contributed by atoms with van der Waals surface area (Å²) in [6, 6.07) is 11.0. The van der Waals surface area contributed by atoms with Gasteiger partial charge < -0.3 is 4.90 Å². The minimum Gasteiger partial charge on any atom is -0.312 e. The molecule has 0 N–H and O–H groups in total. The van der Waals surface area contributed by atoms with E-state index in [0.29, 0.717) is 25.1 Å². The van der Waals surface area contributed by atoms with Crippen molar-refractivity contribution in [2.24, 2.45) is 0 Å². The number of amides is 1. The number of non-ortho nitro benzene ring substituents is 1. The molecular weight excluding hydrogens is 304 g/mol. The van der Waals surface area contributed by atoms with Crippen molar-refractivity contribution < 1.29 is 9.72 Å². The Morgan fingerprint density at radius 3 is 2.71 bits per heavy atom. The summed E-state index contributed by atoms with van der Waals surface area (Å²) in [5, 5.41) is 11.0. The quantitative estimate of drug-likeness (QED) is 0.636. The SMILES string of the molecule is Cc1ccc(CCC(=O)N2CCc3ccc([N+](=O)[O-])cc32)c(C)c1. The summed E-state index contributed by atoms with van der Waals surface area (Å²) in [6.45, 7) is 4.71. The van der Waals surface area contributed by atoms with Crippen LogP contribution < -0.4 is 4.90 Å². The number of carbonyl (C=O) groups is 1. The van der Waals surface area contributed by atoms with Crippen LogP contribution in [0.15, 0.2) is 36.4 Å². The van der Waals surface area contributed by atoms with Gasteiger partial charge in [0.05, 0.1) is 10.6 Å². The monoisotopic (exact) mass is 324 g/mol. The Bertz CT molecular complexity index is 814. The molecule has 24 heavy (non-hydrogen) atoms. The Labute approximate surface area is 141 Å². The van der Waals surface area contributed by atoms with Crippen LogP contribution in [-0.2, 0) is 17.6 Å². The molecule has 1 aliphatic rings. The van der Waals surface area contributed by atoms with Gasteiger partial charge in [-0.1, -0.05) is 29.8 Å². The number of nitro groups is 1. The first-order chi connectivity index (χ1) is 11.5. The maximum Gasteiger partial charge on any atom is 0.271 e. The molecule has 2 aromatic carbocycles. The highest BCUT2D eigenvalue weighted by molar-refractivity contribution is 5.96. The van der Waals surface area contributed by atoms with Gasteiger partial charge in [0.2, 0.25) is 5.91 Å². The molecule has 0 radical (unpaired) electrons. The highest BCUT2D eigenvalue weighted by Crippen LogP contribution is 2.32. The van der Waals surface area contributed by atoms with Crippen LogP contribution in [0.5, 0.6) is 0 Å². The molecule has 0 spiro atoms. The van der Waals surface area contributed by atoms with Crippen molar-refractivity contribution in [3.8, 4) is 0 Å². The number of hydrogen-bond donors (Lipinski definition) is 0. The van der Waals surface area contributed by atoms with Crippen LogP contribution >= 0.6 is 0 Å². The number of anilines is 1. The van der Waals surface area contributed by atoms with Crippen molar-refractivity contribution in [3.05, 3.63) is 68.8 Å². The van der Waals surface area contributed by atoms with E-state index in [1.54, 1.807) is 11.0 Å². The predicted octanol–water partition coefficient (Wildman–Crippen LogP) is 3.73. The zero-order chi connectivity index (χ0) is 17.3. The Balaban J connectivity index is 1.73. The van der Waals surface area contributed by atoms with E-state index < -0.39 is 4.92 Å². The maximum absolute atomic E-state index is 12.6. The van der Waals surface area contributed by atoms with Crippen LogP contribution in [0.25, 0.3) is 0 Å². The lowest BCUT2D eigenvalue weighted by molar-refractivity contribution is -0.384. The average molecular weight is 324 g/mol. The van der Waals surface area contributed by atoms with E-state index in [9.17, 15) is 14.9 Å². The summed E-state index contributed by atoms with van der Waals surface area (Å²) >= 11 is 0. The van der Waals surface area contributed by atoms with Crippen LogP contribution in [0.1, 0.15) is 28.7 Å². The first-order valence-corrected chi connectivity index (χ1v) is 8.09. The lowest BCUT2D eigenvalue weighted by Crippen LogP contribution is -2.29. The summed E-state index contributed by atoms with van der Waals surface area (Å²) < 4.78 is 0. The molecular formula is C19H20N2O3. The standard InChI is InChI=1S/C19H20N2O3/c1-13-3-4-15(14(2)11-13)6-8-19(22)20-10-9-16-5-7-17(21(23)24)12-18(16)20/h3-5,7,11-12H,6,8-10H2,1-2H3. The number of nitrogens with zero attached hydrogens (tertiary/aromatic N) is 2. The Morgan fingerprint density at radius 2 is 2.00 bits per heavy atom. The van der Waals surface area contributed by atoms with Crippen molar-refractivity contribution in [2.75, 3.05) is 11.4 Å². The fourth-order valence-electron chi connectivity index (χ4n) is 3.24. The van der Waals surface area contributed by atoms with Crippen LogP contribution in [0, 0.1) is 24.0 Å². The fourth-order valence-corrected chi connectivity index (χ4v) is 3.24. The second-order valence-electron chi connectivity index (χ2n) is 6.30. The molecule has 0 unspecified atom stereocenters. The first kappa shape index (κ1) is 16.2. The molecule has 0 fully saturated rings. The van der Waals surface area contributed by atoms with E-state index in [1.165, 1.54) is 28.8 Å². The third-order valence-electron chi connectivity index (χ3n) is 4.58. The van der Waals surface area contributed by atoms with E-state index in [1.807, 2.05) is 0 Å². The summed E-state index contributed by atoms with van der Waals surface area (Å²) in [5.41, 5.74) is 5.30. The van der Waals surface area contributed by atoms with Crippen LogP contribution in [0.2, 0.25) is 0 Å². The van der Waals surface area contributed by atoms with Crippen molar-refractivity contribution in [2.45, 2.75) is 33.1 Å². The van der Waals surface area contributed by atoms with Crippen molar-refractivity contribution in [1.29, 1.82) is 0 Å². The van der Waals surface area contributed by atoms with E-state index in [0.717, 1.165) is 12.0 Å². The molecule has 1 heterocycles. The largest absolute Gasteiger partial charge is 0.312 e. The van der Waals surface area contributed by atoms with Gasteiger partial charge in [0.25, 0.3) is 5.69 Å². The molecule has 0 aliphatic carbocycles. The molecule has 5 heteroatoms. The third kappa shape index (κ3) is 3.15. The molecule has 0 atom stereocenters. The van der Waals surface area contributed by atoms with E-state index in [-0.39, 0.29) is 11.6 Å². The lowest BCUT2D eigenvalue weighted by Gasteiger charge is -2.17. The second-order valence-corrected chi connectivity index (χ2v) is 6.30. The Morgan fingerprint density at radius 1 is 1.21 bits per heavy atom. The lowest BCUT2D eigenvalue weighted by atomic mass is 10.0. The number of hydrogen-bond acceptors (Lipinski definition) is 3. The topological polar surface area (TPSA) is 63.5 Å². The van der Waals surface area contributed by atoms with Crippen molar-refractivity contribution >= 4 is 17.3 Å². The minimum absolute atomic E-state index is 0.0224. The van der Waals surface area contributed by atoms with Gasteiger partial charge in [0, 0.05) is 25.1 Å². The first-order valence-electron chi connectivity index (χ1n) is 8.09. The summed E-state index contributed by atoms with van der Waals surface area (Å²) in [5.74, 6) is 0.0224. The average Bonchev–Trinajstić information content (AvgIpc) is 2.96. The zero-order valence-corrected chi connectivity index (χ0v) is 13.9. The number of benzene rings is 2. The normalized spacial score (nSPS) is 13.0. The molecule has 1 amide bonds. The molecule has 3 rings (SSSR count). The van der Waals surface area contributed by atoms with Gasteiger partial charge >= 0.3 is 0 Å². The number of nitro benzene ring substituents is 1. The molecule has 0 bridgehead atoms. The molecule has 0 saturated heterocycles. The molecule has 5 nitrogen and oxygen atoms in total. The van der Waals surface area contributed by atoms with Crippen molar-refractivity contribution in [3.63, 3.8) is 0 Å². The van der Waals surface area contributed by atoms with Crippen LogP contribution in [0.3, 0.4) is 0 Å². The number of carbonyl (C=O) groups excluding carboxylic acids is 1.